The van der Waals surface area contributed by atoms with Crippen LogP contribution >= 0.6 is 0 Å². The average molecular weight is 223 g/mol. The summed E-state index contributed by atoms with van der Waals surface area (Å²) in [6.45, 7) is 4.44. The Balaban J connectivity index is 2.31. The van der Waals surface area contributed by atoms with Crippen LogP contribution in [0, 0.1) is 11.7 Å². The molecule has 0 spiro atoms. The zero-order valence-electron chi connectivity index (χ0n) is 10.2. The lowest BCUT2D eigenvalue weighted by Crippen LogP contribution is -2.22. The molecule has 0 aromatic heterocycles. The van der Waals surface area contributed by atoms with Crippen LogP contribution in [0.25, 0.3) is 0 Å². The molecule has 1 aromatic rings. The molecule has 0 fully saturated rings. The molecule has 1 aromatic carbocycles. The standard InChI is InChI=1S/C14H22FN/c1-11(2)5-3-8-14(16)10-12-6-4-7-13(15)9-12/h4,6-7,9,11,14H,3,5,8,10,16H2,1-2H3. The molecule has 0 aliphatic heterocycles. The number of halogens is 1. The monoisotopic (exact) mass is 223 g/mol. The van der Waals surface area contributed by atoms with Crippen molar-refractivity contribution in [2.75, 3.05) is 0 Å². The molecular formula is C14H22FN. The first-order chi connectivity index (χ1) is 7.58. The number of hydrogen-bond acceptors (Lipinski definition) is 1. The van der Waals surface area contributed by atoms with Gasteiger partial charge in [-0.2, -0.15) is 0 Å². The van der Waals surface area contributed by atoms with Gasteiger partial charge in [-0.15, -0.1) is 0 Å². The molecule has 2 heteroatoms. The number of hydrogen-bond donors (Lipinski definition) is 1. The molecule has 0 aliphatic carbocycles. The maximum Gasteiger partial charge on any atom is 0.123 e. The SMILES string of the molecule is CC(C)CCCC(N)Cc1cccc(F)c1. The molecule has 0 bridgehead atoms. The Labute approximate surface area is 97.9 Å². The zero-order chi connectivity index (χ0) is 12.0. The molecule has 0 saturated heterocycles. The van der Waals surface area contributed by atoms with Crippen molar-refractivity contribution in [3.05, 3.63) is 35.6 Å². The van der Waals surface area contributed by atoms with Gasteiger partial charge in [-0.1, -0.05) is 38.8 Å². The van der Waals surface area contributed by atoms with Crippen LogP contribution in [0.2, 0.25) is 0 Å². The fourth-order valence-corrected chi connectivity index (χ4v) is 1.86. The predicted octanol–water partition coefficient (Wildman–Crippen LogP) is 3.52. The van der Waals surface area contributed by atoms with Crippen molar-refractivity contribution in [3.63, 3.8) is 0 Å². The van der Waals surface area contributed by atoms with Crippen molar-refractivity contribution in [1.29, 1.82) is 0 Å². The molecule has 0 saturated carbocycles. The molecule has 90 valence electrons. The van der Waals surface area contributed by atoms with Crippen LogP contribution in [0.4, 0.5) is 4.39 Å². The lowest BCUT2D eigenvalue weighted by Gasteiger charge is -2.12. The molecular weight excluding hydrogens is 201 g/mol. The van der Waals surface area contributed by atoms with E-state index in [1.165, 1.54) is 12.5 Å². The maximum atomic E-state index is 12.9. The van der Waals surface area contributed by atoms with Gasteiger partial charge < -0.3 is 5.73 Å². The minimum Gasteiger partial charge on any atom is -0.327 e. The molecule has 16 heavy (non-hydrogen) atoms. The highest BCUT2D eigenvalue weighted by Gasteiger charge is 2.05. The summed E-state index contributed by atoms with van der Waals surface area (Å²) in [6.07, 6.45) is 4.18. The molecule has 0 aliphatic rings. The zero-order valence-corrected chi connectivity index (χ0v) is 10.2. The lowest BCUT2D eigenvalue weighted by atomic mass is 9.99. The summed E-state index contributed by atoms with van der Waals surface area (Å²) in [5, 5.41) is 0. The summed E-state index contributed by atoms with van der Waals surface area (Å²) < 4.78 is 12.9. The van der Waals surface area contributed by atoms with E-state index in [4.69, 9.17) is 5.73 Å². The first-order valence-electron chi connectivity index (χ1n) is 6.08. The normalized spacial score (nSPS) is 13.1. The second-order valence-electron chi connectivity index (χ2n) is 4.92. The van der Waals surface area contributed by atoms with Crippen LogP contribution in [0.3, 0.4) is 0 Å². The maximum absolute atomic E-state index is 12.9. The van der Waals surface area contributed by atoms with Gasteiger partial charge in [0.2, 0.25) is 0 Å². The summed E-state index contributed by atoms with van der Waals surface area (Å²) in [6, 6.07) is 6.87. The van der Waals surface area contributed by atoms with E-state index < -0.39 is 0 Å². The van der Waals surface area contributed by atoms with Gasteiger partial charge in [0.25, 0.3) is 0 Å². The van der Waals surface area contributed by atoms with E-state index in [1.807, 2.05) is 6.07 Å². The Morgan fingerprint density at radius 2 is 2.00 bits per heavy atom. The molecule has 0 radical (unpaired) electrons. The molecule has 2 N–H and O–H groups in total. The van der Waals surface area contributed by atoms with Crippen LogP contribution in [-0.4, -0.2) is 6.04 Å². The second kappa shape index (κ2) is 6.64. The van der Waals surface area contributed by atoms with Gasteiger partial charge in [0.15, 0.2) is 0 Å². The Morgan fingerprint density at radius 3 is 2.62 bits per heavy atom. The highest BCUT2D eigenvalue weighted by atomic mass is 19.1. The summed E-state index contributed by atoms with van der Waals surface area (Å²) in [5.74, 6) is 0.563. The Morgan fingerprint density at radius 1 is 1.25 bits per heavy atom. The van der Waals surface area contributed by atoms with Gasteiger partial charge in [0.1, 0.15) is 5.82 Å². The predicted molar refractivity (Wildman–Crippen MR) is 66.8 cm³/mol. The lowest BCUT2D eigenvalue weighted by molar-refractivity contribution is 0.495. The van der Waals surface area contributed by atoms with E-state index in [1.54, 1.807) is 12.1 Å². The van der Waals surface area contributed by atoms with Gasteiger partial charge in [-0.25, -0.2) is 4.39 Å². The van der Waals surface area contributed by atoms with Crippen LogP contribution in [0.5, 0.6) is 0 Å². The largest absolute Gasteiger partial charge is 0.327 e. The van der Waals surface area contributed by atoms with E-state index in [9.17, 15) is 4.39 Å². The van der Waals surface area contributed by atoms with Gasteiger partial charge in [-0.05, 0) is 36.5 Å². The van der Waals surface area contributed by atoms with Gasteiger partial charge in [-0.3, -0.25) is 0 Å². The topological polar surface area (TPSA) is 26.0 Å². The second-order valence-corrected chi connectivity index (χ2v) is 4.92. The molecule has 1 rings (SSSR count). The van der Waals surface area contributed by atoms with E-state index in [0.717, 1.165) is 30.7 Å². The van der Waals surface area contributed by atoms with Gasteiger partial charge in [0.05, 0.1) is 0 Å². The van der Waals surface area contributed by atoms with Gasteiger partial charge >= 0.3 is 0 Å². The van der Waals surface area contributed by atoms with Crippen LogP contribution in [0.1, 0.15) is 38.7 Å². The molecule has 0 amide bonds. The summed E-state index contributed by atoms with van der Waals surface area (Å²) in [4.78, 5) is 0. The van der Waals surface area contributed by atoms with E-state index in [2.05, 4.69) is 13.8 Å². The fourth-order valence-electron chi connectivity index (χ4n) is 1.86. The molecule has 1 unspecified atom stereocenters. The molecule has 1 atom stereocenters. The van der Waals surface area contributed by atoms with Crippen molar-refractivity contribution in [2.45, 2.75) is 45.6 Å². The summed E-state index contributed by atoms with van der Waals surface area (Å²) >= 11 is 0. The van der Waals surface area contributed by atoms with E-state index >= 15 is 0 Å². The smallest absolute Gasteiger partial charge is 0.123 e. The van der Waals surface area contributed by atoms with Crippen molar-refractivity contribution in [3.8, 4) is 0 Å². The first kappa shape index (κ1) is 13.2. The molecule has 1 nitrogen and oxygen atoms in total. The third kappa shape index (κ3) is 5.26. The fraction of sp³-hybridized carbons (Fsp3) is 0.571. The summed E-state index contributed by atoms with van der Waals surface area (Å²) in [5.41, 5.74) is 7.02. The minimum absolute atomic E-state index is 0.153. The first-order valence-corrected chi connectivity index (χ1v) is 6.08. The minimum atomic E-state index is -0.174. The quantitative estimate of drug-likeness (QED) is 0.784. The third-order valence-electron chi connectivity index (χ3n) is 2.74. The Kier molecular flexibility index (Phi) is 5.47. The Bertz CT molecular complexity index is 309. The van der Waals surface area contributed by atoms with Crippen molar-refractivity contribution in [2.24, 2.45) is 11.7 Å². The third-order valence-corrected chi connectivity index (χ3v) is 2.74. The highest BCUT2D eigenvalue weighted by molar-refractivity contribution is 5.17. The van der Waals surface area contributed by atoms with Crippen LogP contribution < -0.4 is 5.73 Å². The number of rotatable bonds is 6. The van der Waals surface area contributed by atoms with Crippen molar-refractivity contribution < 1.29 is 4.39 Å². The highest BCUT2D eigenvalue weighted by Crippen LogP contribution is 2.11. The number of benzene rings is 1. The average Bonchev–Trinajstić information content (AvgIpc) is 2.16. The summed E-state index contributed by atoms with van der Waals surface area (Å²) in [7, 11) is 0. The van der Waals surface area contributed by atoms with E-state index in [0.29, 0.717) is 0 Å². The van der Waals surface area contributed by atoms with Crippen LogP contribution in [0.15, 0.2) is 24.3 Å². The van der Waals surface area contributed by atoms with Gasteiger partial charge in [0, 0.05) is 6.04 Å². The molecule has 0 heterocycles. The van der Waals surface area contributed by atoms with Crippen LogP contribution in [-0.2, 0) is 6.42 Å². The van der Waals surface area contributed by atoms with E-state index in [-0.39, 0.29) is 11.9 Å². The Hall–Kier alpha value is -0.890. The van der Waals surface area contributed by atoms with Crippen molar-refractivity contribution >= 4 is 0 Å². The van der Waals surface area contributed by atoms with Crippen molar-refractivity contribution in [1.82, 2.24) is 0 Å². The number of nitrogens with two attached hydrogens (primary N) is 1.